The number of nitrogens with two attached hydrogens (primary N) is 1. The number of anilines is 1. The van der Waals surface area contributed by atoms with Crippen molar-refractivity contribution >= 4 is 21.6 Å². The van der Waals surface area contributed by atoms with Crippen LogP contribution < -0.4 is 5.73 Å². The summed E-state index contributed by atoms with van der Waals surface area (Å²) < 4.78 is 1.01. The first-order valence-corrected chi connectivity index (χ1v) is 7.68. The molecule has 2 rings (SSSR count). The van der Waals surface area contributed by atoms with E-state index in [2.05, 4.69) is 65.1 Å². The van der Waals surface area contributed by atoms with E-state index in [0.29, 0.717) is 0 Å². The third-order valence-corrected chi connectivity index (χ3v) is 4.40. The maximum Gasteiger partial charge on any atom is 0.0461 e. The molecule has 0 aliphatic heterocycles. The highest BCUT2D eigenvalue weighted by molar-refractivity contribution is 9.10. The molecule has 2 aromatic rings. The average molecular weight is 333 g/mol. The van der Waals surface area contributed by atoms with Gasteiger partial charge in [-0.05, 0) is 52.2 Å². The molecule has 0 heterocycles. The summed E-state index contributed by atoms with van der Waals surface area (Å²) in [6.45, 7) is 3.99. The minimum absolute atomic E-state index is 0.795. The van der Waals surface area contributed by atoms with E-state index in [1.54, 1.807) is 0 Å². The molecule has 106 valence electrons. The van der Waals surface area contributed by atoms with Crippen LogP contribution in [0, 0.1) is 0 Å². The number of aryl methyl sites for hydroxylation is 1. The number of nitrogens with zero attached hydrogens (tertiary/aromatic N) is 1. The Bertz CT molecular complexity index is 564. The van der Waals surface area contributed by atoms with Crippen molar-refractivity contribution in [2.75, 3.05) is 12.8 Å². The van der Waals surface area contributed by atoms with Gasteiger partial charge < -0.3 is 5.73 Å². The van der Waals surface area contributed by atoms with Crippen molar-refractivity contribution in [1.29, 1.82) is 0 Å². The van der Waals surface area contributed by atoms with Gasteiger partial charge in [-0.1, -0.05) is 43.3 Å². The Kier molecular flexibility index (Phi) is 5.21. The van der Waals surface area contributed by atoms with Gasteiger partial charge in [0.25, 0.3) is 0 Å². The average Bonchev–Trinajstić information content (AvgIpc) is 2.45. The maximum absolute atomic E-state index is 5.92. The fourth-order valence-electron chi connectivity index (χ4n) is 2.26. The standard InChI is InChI=1S/C17H21BrN2/c1-3-13-7-9-14(10-8-13)11-20(2)12-15-5-4-6-16(19)17(15)18/h4-10H,3,11-12,19H2,1-2H3. The van der Waals surface area contributed by atoms with Gasteiger partial charge in [0.2, 0.25) is 0 Å². The van der Waals surface area contributed by atoms with Crippen LogP contribution in [0.3, 0.4) is 0 Å². The van der Waals surface area contributed by atoms with E-state index < -0.39 is 0 Å². The summed E-state index contributed by atoms with van der Waals surface area (Å²) in [5.74, 6) is 0. The quantitative estimate of drug-likeness (QED) is 0.830. The van der Waals surface area contributed by atoms with Gasteiger partial charge >= 0.3 is 0 Å². The van der Waals surface area contributed by atoms with Gasteiger partial charge in [-0.2, -0.15) is 0 Å². The van der Waals surface area contributed by atoms with Crippen molar-refractivity contribution < 1.29 is 0 Å². The van der Waals surface area contributed by atoms with Crippen molar-refractivity contribution in [1.82, 2.24) is 4.90 Å². The molecule has 0 aliphatic carbocycles. The zero-order valence-electron chi connectivity index (χ0n) is 12.1. The van der Waals surface area contributed by atoms with E-state index in [4.69, 9.17) is 5.73 Å². The molecule has 0 bridgehead atoms. The largest absolute Gasteiger partial charge is 0.398 e. The Hall–Kier alpha value is -1.32. The summed E-state index contributed by atoms with van der Waals surface area (Å²) in [5, 5.41) is 0. The molecule has 0 unspecified atom stereocenters. The van der Waals surface area contributed by atoms with Crippen LogP contribution in [-0.2, 0) is 19.5 Å². The van der Waals surface area contributed by atoms with E-state index in [-0.39, 0.29) is 0 Å². The first-order chi connectivity index (χ1) is 9.60. The van der Waals surface area contributed by atoms with Gasteiger partial charge in [0.05, 0.1) is 0 Å². The van der Waals surface area contributed by atoms with Gasteiger partial charge in [0, 0.05) is 23.2 Å². The van der Waals surface area contributed by atoms with Crippen LogP contribution in [0.25, 0.3) is 0 Å². The minimum atomic E-state index is 0.795. The van der Waals surface area contributed by atoms with Crippen LogP contribution in [0.1, 0.15) is 23.6 Å². The molecule has 0 aliphatic rings. The topological polar surface area (TPSA) is 29.3 Å². The van der Waals surface area contributed by atoms with E-state index in [1.165, 1.54) is 16.7 Å². The fraction of sp³-hybridized carbons (Fsp3) is 0.294. The van der Waals surface area contributed by atoms with Crippen LogP contribution in [-0.4, -0.2) is 11.9 Å². The Labute approximate surface area is 129 Å². The van der Waals surface area contributed by atoms with Crippen molar-refractivity contribution in [2.24, 2.45) is 0 Å². The number of hydrogen-bond donors (Lipinski definition) is 1. The molecule has 0 radical (unpaired) electrons. The van der Waals surface area contributed by atoms with E-state index >= 15 is 0 Å². The van der Waals surface area contributed by atoms with Crippen LogP contribution >= 0.6 is 15.9 Å². The van der Waals surface area contributed by atoms with Gasteiger partial charge in [-0.15, -0.1) is 0 Å². The Balaban J connectivity index is 2.01. The fourth-order valence-corrected chi connectivity index (χ4v) is 2.65. The summed E-state index contributed by atoms with van der Waals surface area (Å²) >= 11 is 3.56. The number of hydrogen-bond acceptors (Lipinski definition) is 2. The van der Waals surface area contributed by atoms with Crippen molar-refractivity contribution in [3.63, 3.8) is 0 Å². The molecule has 2 nitrogen and oxygen atoms in total. The molecule has 2 N–H and O–H groups in total. The smallest absolute Gasteiger partial charge is 0.0461 e. The Morgan fingerprint density at radius 2 is 1.65 bits per heavy atom. The summed E-state index contributed by atoms with van der Waals surface area (Å²) in [7, 11) is 2.13. The lowest BCUT2D eigenvalue weighted by molar-refractivity contribution is 0.318. The van der Waals surface area contributed by atoms with E-state index in [1.807, 2.05) is 12.1 Å². The Morgan fingerprint density at radius 3 is 2.30 bits per heavy atom. The maximum atomic E-state index is 5.92. The second-order valence-corrected chi connectivity index (χ2v) is 5.96. The van der Waals surface area contributed by atoms with E-state index in [9.17, 15) is 0 Å². The number of nitrogen functional groups attached to an aromatic ring is 1. The van der Waals surface area contributed by atoms with Crippen LogP contribution in [0.15, 0.2) is 46.9 Å². The molecule has 0 aromatic heterocycles. The molecule has 0 saturated carbocycles. The van der Waals surface area contributed by atoms with E-state index in [0.717, 1.165) is 29.7 Å². The van der Waals surface area contributed by atoms with Gasteiger partial charge in [0.15, 0.2) is 0 Å². The molecule has 0 amide bonds. The van der Waals surface area contributed by atoms with Gasteiger partial charge in [-0.3, -0.25) is 4.90 Å². The molecule has 0 atom stereocenters. The molecule has 3 heteroatoms. The molecular formula is C17H21BrN2. The number of halogens is 1. The normalized spacial score (nSPS) is 11.0. The second kappa shape index (κ2) is 6.91. The molecule has 0 spiro atoms. The molecular weight excluding hydrogens is 312 g/mol. The minimum Gasteiger partial charge on any atom is -0.398 e. The van der Waals surface area contributed by atoms with Crippen molar-refractivity contribution in [3.8, 4) is 0 Å². The van der Waals surface area contributed by atoms with Crippen LogP contribution in [0.4, 0.5) is 5.69 Å². The van der Waals surface area contributed by atoms with Crippen molar-refractivity contribution in [3.05, 3.63) is 63.6 Å². The number of benzene rings is 2. The highest BCUT2D eigenvalue weighted by Crippen LogP contribution is 2.25. The predicted octanol–water partition coefficient (Wildman–Crippen LogP) is 4.23. The summed E-state index contributed by atoms with van der Waals surface area (Å²) in [5.41, 5.74) is 10.7. The predicted molar refractivity (Wildman–Crippen MR) is 89.5 cm³/mol. The van der Waals surface area contributed by atoms with Crippen LogP contribution in [0.2, 0.25) is 0 Å². The summed E-state index contributed by atoms with van der Waals surface area (Å²) in [6.07, 6.45) is 1.09. The monoisotopic (exact) mass is 332 g/mol. The highest BCUT2D eigenvalue weighted by atomic mass is 79.9. The zero-order valence-corrected chi connectivity index (χ0v) is 13.7. The lowest BCUT2D eigenvalue weighted by atomic mass is 10.1. The molecule has 20 heavy (non-hydrogen) atoms. The first-order valence-electron chi connectivity index (χ1n) is 6.89. The zero-order chi connectivity index (χ0) is 14.5. The summed E-state index contributed by atoms with van der Waals surface area (Å²) in [4.78, 5) is 2.29. The van der Waals surface area contributed by atoms with Gasteiger partial charge in [-0.25, -0.2) is 0 Å². The van der Waals surface area contributed by atoms with Gasteiger partial charge in [0.1, 0.15) is 0 Å². The molecule has 0 fully saturated rings. The number of rotatable bonds is 5. The molecule has 0 saturated heterocycles. The van der Waals surface area contributed by atoms with Crippen LogP contribution in [0.5, 0.6) is 0 Å². The third kappa shape index (κ3) is 3.84. The molecule has 2 aromatic carbocycles. The lowest BCUT2D eigenvalue weighted by Crippen LogP contribution is -2.17. The first kappa shape index (κ1) is 15.1. The van der Waals surface area contributed by atoms with Crippen molar-refractivity contribution in [2.45, 2.75) is 26.4 Å². The second-order valence-electron chi connectivity index (χ2n) is 5.16. The third-order valence-electron chi connectivity index (χ3n) is 3.43. The lowest BCUT2D eigenvalue weighted by Gasteiger charge is -2.18. The highest BCUT2D eigenvalue weighted by Gasteiger charge is 2.07. The SMILES string of the molecule is CCc1ccc(CN(C)Cc2cccc(N)c2Br)cc1. The summed E-state index contributed by atoms with van der Waals surface area (Å²) in [6, 6.07) is 14.9. The Morgan fingerprint density at radius 1 is 1.00 bits per heavy atom.